The third-order valence-corrected chi connectivity index (χ3v) is 3.34. The van der Waals surface area contributed by atoms with E-state index in [2.05, 4.69) is 10.4 Å². The smallest absolute Gasteiger partial charge is 0.270 e. The molecule has 2 aromatic rings. The number of hydrazine groups is 1. The molecule has 0 aliphatic carbocycles. The zero-order chi connectivity index (χ0) is 13.2. The number of aromatic nitrogens is 1. The third-order valence-electron chi connectivity index (χ3n) is 2.40. The van der Waals surface area contributed by atoms with Crippen molar-refractivity contribution in [3.63, 3.8) is 0 Å². The number of halogens is 3. The van der Waals surface area contributed by atoms with Crippen LogP contribution in [0.4, 0.5) is 13.2 Å². The van der Waals surface area contributed by atoms with Gasteiger partial charge in [0.15, 0.2) is 0 Å². The molecule has 18 heavy (non-hydrogen) atoms. The number of hydrogen-bond donors (Lipinski definition) is 2. The Morgan fingerprint density at radius 2 is 2.06 bits per heavy atom. The molecule has 0 saturated carbocycles. The first-order chi connectivity index (χ1) is 8.52. The highest BCUT2D eigenvalue weighted by molar-refractivity contribution is 7.10. The lowest BCUT2D eigenvalue weighted by Gasteiger charge is -2.14. The molecule has 0 bridgehead atoms. The molecule has 0 aromatic carbocycles. The fraction of sp³-hybridized carbons (Fsp3) is 0.182. The van der Waals surface area contributed by atoms with Gasteiger partial charge in [0.1, 0.15) is 0 Å². The number of rotatable bonds is 3. The van der Waals surface area contributed by atoms with Gasteiger partial charge in [-0.25, -0.2) is 5.43 Å². The summed E-state index contributed by atoms with van der Waals surface area (Å²) in [6, 6.07) is 5.61. The number of thiophene rings is 1. The molecule has 2 aromatic heterocycles. The number of nitrogens with two attached hydrogens (primary N) is 1. The number of nitrogens with zero attached hydrogens (tertiary/aromatic N) is 1. The minimum absolute atomic E-state index is 0.396. The van der Waals surface area contributed by atoms with Crippen LogP contribution in [0, 0.1) is 0 Å². The van der Waals surface area contributed by atoms with Gasteiger partial charge in [0, 0.05) is 11.1 Å². The fourth-order valence-electron chi connectivity index (χ4n) is 1.51. The second-order valence-electron chi connectivity index (χ2n) is 3.58. The molecular formula is C11H10F3N3S. The zero-order valence-corrected chi connectivity index (χ0v) is 9.92. The largest absolute Gasteiger partial charge is 0.417 e. The number of pyridine rings is 1. The first-order valence-electron chi connectivity index (χ1n) is 5.05. The van der Waals surface area contributed by atoms with Crippen LogP contribution in [0.25, 0.3) is 0 Å². The first-order valence-corrected chi connectivity index (χ1v) is 5.93. The van der Waals surface area contributed by atoms with Crippen molar-refractivity contribution in [1.82, 2.24) is 10.4 Å². The van der Waals surface area contributed by atoms with Gasteiger partial charge in [-0.1, -0.05) is 6.07 Å². The SMILES string of the molecule is NNC(c1ccc(C(F)(F)F)cn1)c1cccs1. The van der Waals surface area contributed by atoms with Crippen molar-refractivity contribution in [3.05, 3.63) is 52.0 Å². The average Bonchev–Trinajstić information content (AvgIpc) is 2.83. The van der Waals surface area contributed by atoms with Crippen LogP contribution < -0.4 is 11.3 Å². The van der Waals surface area contributed by atoms with Crippen LogP contribution in [0.1, 0.15) is 22.2 Å². The maximum Gasteiger partial charge on any atom is 0.417 e. The maximum absolute atomic E-state index is 12.4. The van der Waals surface area contributed by atoms with Crippen molar-refractivity contribution < 1.29 is 13.2 Å². The molecule has 2 heterocycles. The molecule has 3 nitrogen and oxygen atoms in total. The zero-order valence-electron chi connectivity index (χ0n) is 9.11. The monoisotopic (exact) mass is 273 g/mol. The Balaban J connectivity index is 2.28. The summed E-state index contributed by atoms with van der Waals surface area (Å²) >= 11 is 1.46. The van der Waals surface area contributed by atoms with Crippen LogP contribution in [-0.2, 0) is 6.18 Å². The van der Waals surface area contributed by atoms with Crippen LogP contribution >= 0.6 is 11.3 Å². The van der Waals surface area contributed by atoms with Gasteiger partial charge in [0.25, 0.3) is 0 Å². The Kier molecular flexibility index (Phi) is 3.65. The second-order valence-corrected chi connectivity index (χ2v) is 4.56. The molecule has 0 radical (unpaired) electrons. The van der Waals surface area contributed by atoms with Crippen LogP contribution in [0.5, 0.6) is 0 Å². The van der Waals surface area contributed by atoms with Crippen molar-refractivity contribution in [1.29, 1.82) is 0 Å². The van der Waals surface area contributed by atoms with Crippen LogP contribution in [-0.4, -0.2) is 4.98 Å². The van der Waals surface area contributed by atoms with E-state index in [4.69, 9.17) is 5.84 Å². The molecule has 0 fully saturated rings. The Bertz CT molecular complexity index is 493. The molecule has 7 heteroatoms. The van der Waals surface area contributed by atoms with E-state index in [0.717, 1.165) is 17.1 Å². The fourth-order valence-corrected chi connectivity index (χ4v) is 2.31. The van der Waals surface area contributed by atoms with Gasteiger partial charge in [-0.3, -0.25) is 10.8 Å². The van der Waals surface area contributed by atoms with E-state index in [1.165, 1.54) is 17.4 Å². The molecule has 3 N–H and O–H groups in total. The number of nitrogens with one attached hydrogen (secondary N) is 1. The van der Waals surface area contributed by atoms with Crippen LogP contribution in [0.3, 0.4) is 0 Å². The number of alkyl halides is 3. The molecule has 96 valence electrons. The lowest BCUT2D eigenvalue weighted by molar-refractivity contribution is -0.137. The third kappa shape index (κ3) is 2.69. The van der Waals surface area contributed by atoms with E-state index in [9.17, 15) is 13.2 Å². The quantitative estimate of drug-likeness (QED) is 0.668. The van der Waals surface area contributed by atoms with E-state index in [0.29, 0.717) is 5.69 Å². The van der Waals surface area contributed by atoms with Gasteiger partial charge in [-0.15, -0.1) is 11.3 Å². The molecule has 0 amide bonds. The van der Waals surface area contributed by atoms with Crippen molar-refractivity contribution in [3.8, 4) is 0 Å². The molecule has 0 aliphatic heterocycles. The van der Waals surface area contributed by atoms with Crippen molar-refractivity contribution in [2.75, 3.05) is 0 Å². The molecule has 0 saturated heterocycles. The van der Waals surface area contributed by atoms with Crippen LogP contribution in [0.2, 0.25) is 0 Å². The van der Waals surface area contributed by atoms with Crippen molar-refractivity contribution >= 4 is 11.3 Å². The van der Waals surface area contributed by atoms with Gasteiger partial charge in [-0.2, -0.15) is 13.2 Å². The lowest BCUT2D eigenvalue weighted by Crippen LogP contribution is -2.29. The van der Waals surface area contributed by atoms with E-state index in [1.807, 2.05) is 17.5 Å². The minimum Gasteiger partial charge on any atom is -0.270 e. The van der Waals surface area contributed by atoms with Gasteiger partial charge < -0.3 is 0 Å². The molecular weight excluding hydrogens is 263 g/mol. The Morgan fingerprint density at radius 1 is 1.28 bits per heavy atom. The average molecular weight is 273 g/mol. The van der Waals surface area contributed by atoms with Crippen molar-refractivity contribution in [2.24, 2.45) is 5.84 Å². The highest BCUT2D eigenvalue weighted by Crippen LogP contribution is 2.30. The summed E-state index contributed by atoms with van der Waals surface area (Å²) in [7, 11) is 0. The van der Waals surface area contributed by atoms with E-state index in [1.54, 1.807) is 0 Å². The summed E-state index contributed by atoms with van der Waals surface area (Å²) < 4.78 is 37.2. The van der Waals surface area contributed by atoms with Gasteiger partial charge in [0.05, 0.1) is 17.3 Å². The summed E-state index contributed by atoms with van der Waals surface area (Å²) in [5.74, 6) is 5.41. The van der Waals surface area contributed by atoms with E-state index >= 15 is 0 Å². The van der Waals surface area contributed by atoms with Gasteiger partial charge in [-0.05, 0) is 23.6 Å². The maximum atomic E-state index is 12.4. The highest BCUT2D eigenvalue weighted by atomic mass is 32.1. The highest BCUT2D eigenvalue weighted by Gasteiger charge is 2.31. The molecule has 0 aliphatic rings. The molecule has 1 atom stereocenters. The molecule has 0 spiro atoms. The van der Waals surface area contributed by atoms with Gasteiger partial charge >= 0.3 is 6.18 Å². The standard InChI is InChI=1S/C11H10F3N3S/c12-11(13,14)7-3-4-8(16-6-7)10(17-15)9-2-1-5-18-9/h1-6,10,17H,15H2. The summed E-state index contributed by atoms with van der Waals surface area (Å²) in [4.78, 5) is 4.71. The number of hydrogen-bond acceptors (Lipinski definition) is 4. The van der Waals surface area contributed by atoms with Crippen molar-refractivity contribution in [2.45, 2.75) is 12.2 Å². The molecule has 2 rings (SSSR count). The predicted octanol–water partition coefficient (Wildman–Crippen LogP) is 2.71. The predicted molar refractivity (Wildman–Crippen MR) is 62.7 cm³/mol. The summed E-state index contributed by atoms with van der Waals surface area (Å²) in [5, 5.41) is 1.86. The summed E-state index contributed by atoms with van der Waals surface area (Å²) in [6.07, 6.45) is -3.56. The first kappa shape index (κ1) is 13.0. The van der Waals surface area contributed by atoms with E-state index in [-0.39, 0.29) is 0 Å². The second kappa shape index (κ2) is 5.05. The molecule has 1 unspecified atom stereocenters. The minimum atomic E-state index is -4.37. The topological polar surface area (TPSA) is 50.9 Å². The summed E-state index contributed by atoms with van der Waals surface area (Å²) in [5.41, 5.74) is 2.23. The summed E-state index contributed by atoms with van der Waals surface area (Å²) in [6.45, 7) is 0. The Labute approximate surface area is 105 Å². The Morgan fingerprint density at radius 3 is 2.50 bits per heavy atom. The van der Waals surface area contributed by atoms with Gasteiger partial charge in [0.2, 0.25) is 0 Å². The van der Waals surface area contributed by atoms with Crippen LogP contribution in [0.15, 0.2) is 35.8 Å². The lowest BCUT2D eigenvalue weighted by atomic mass is 10.1. The van der Waals surface area contributed by atoms with E-state index < -0.39 is 17.8 Å². The Hall–Kier alpha value is -1.44. The normalized spacial score (nSPS) is 13.6.